The molecule has 3 nitrogen and oxygen atoms in total. The molecular formula is C13H13ClN2O. The van der Waals surface area contributed by atoms with E-state index < -0.39 is 16.7 Å². The Labute approximate surface area is 105 Å². The standard InChI is InChI=1S/C13H13ClN2O/c14-13(9-4-6-10(15)7-5-9)8-2-1-3-11(13)12(16)17/h1-8,11H,15H2,(H2,16,17). The van der Waals surface area contributed by atoms with E-state index >= 15 is 0 Å². The number of hydrogen-bond acceptors (Lipinski definition) is 2. The number of primary amides is 1. The summed E-state index contributed by atoms with van der Waals surface area (Å²) >= 11 is 6.53. The van der Waals surface area contributed by atoms with Crippen molar-refractivity contribution in [1.82, 2.24) is 0 Å². The third kappa shape index (κ3) is 2.06. The van der Waals surface area contributed by atoms with Gasteiger partial charge in [-0.3, -0.25) is 4.79 Å². The molecule has 0 saturated carbocycles. The third-order valence-corrected chi connectivity index (χ3v) is 3.45. The van der Waals surface area contributed by atoms with Crippen LogP contribution in [0.15, 0.2) is 48.6 Å². The number of nitrogen functional groups attached to an aromatic ring is 1. The molecule has 2 atom stereocenters. The van der Waals surface area contributed by atoms with Crippen LogP contribution in [0, 0.1) is 5.92 Å². The van der Waals surface area contributed by atoms with Gasteiger partial charge in [-0.1, -0.05) is 36.4 Å². The maximum atomic E-state index is 11.4. The number of carbonyl (C=O) groups excluding carboxylic acids is 1. The number of allylic oxidation sites excluding steroid dienone is 3. The lowest BCUT2D eigenvalue weighted by atomic mass is 9.81. The summed E-state index contributed by atoms with van der Waals surface area (Å²) in [6.45, 7) is 0. The number of benzene rings is 1. The molecule has 2 rings (SSSR count). The number of alkyl halides is 1. The summed E-state index contributed by atoms with van der Waals surface area (Å²) in [4.78, 5) is 10.5. The van der Waals surface area contributed by atoms with Crippen LogP contribution in [-0.2, 0) is 9.67 Å². The van der Waals surface area contributed by atoms with E-state index in [0.29, 0.717) is 5.69 Å². The average Bonchev–Trinajstić information content (AvgIpc) is 2.29. The highest BCUT2D eigenvalue weighted by Gasteiger charge is 2.39. The molecule has 0 aliphatic heterocycles. The highest BCUT2D eigenvalue weighted by molar-refractivity contribution is 6.27. The molecule has 4 heteroatoms. The number of hydrogen-bond donors (Lipinski definition) is 2. The van der Waals surface area contributed by atoms with E-state index in [1.807, 2.05) is 18.2 Å². The van der Waals surface area contributed by atoms with Crippen molar-refractivity contribution in [3.05, 3.63) is 54.1 Å². The molecule has 0 bridgehead atoms. The molecule has 2 unspecified atom stereocenters. The first-order valence-electron chi connectivity index (χ1n) is 5.24. The normalized spacial score (nSPS) is 27.0. The van der Waals surface area contributed by atoms with Gasteiger partial charge < -0.3 is 11.5 Å². The van der Waals surface area contributed by atoms with Gasteiger partial charge in [-0.05, 0) is 17.7 Å². The molecule has 0 saturated heterocycles. The highest BCUT2D eigenvalue weighted by atomic mass is 35.5. The summed E-state index contributed by atoms with van der Waals surface area (Å²) in [6, 6.07) is 7.12. The Hall–Kier alpha value is -1.74. The van der Waals surface area contributed by atoms with Gasteiger partial charge in [-0.2, -0.15) is 0 Å². The number of amides is 1. The van der Waals surface area contributed by atoms with Gasteiger partial charge in [0.05, 0.1) is 5.92 Å². The molecule has 1 aromatic carbocycles. The van der Waals surface area contributed by atoms with E-state index in [2.05, 4.69) is 0 Å². The van der Waals surface area contributed by atoms with Crippen LogP contribution in [0.2, 0.25) is 0 Å². The van der Waals surface area contributed by atoms with E-state index in [9.17, 15) is 4.79 Å². The van der Waals surface area contributed by atoms with Gasteiger partial charge in [-0.15, -0.1) is 11.6 Å². The minimum absolute atomic E-state index is 0.447. The minimum Gasteiger partial charge on any atom is -0.399 e. The molecule has 0 aromatic heterocycles. The molecule has 0 fully saturated rings. The zero-order chi connectivity index (χ0) is 12.5. The Morgan fingerprint density at radius 1 is 1.24 bits per heavy atom. The van der Waals surface area contributed by atoms with Gasteiger partial charge >= 0.3 is 0 Å². The van der Waals surface area contributed by atoms with Gasteiger partial charge in [0.1, 0.15) is 4.87 Å². The summed E-state index contributed by atoms with van der Waals surface area (Å²) in [7, 11) is 0. The van der Waals surface area contributed by atoms with Gasteiger partial charge in [-0.25, -0.2) is 0 Å². The van der Waals surface area contributed by atoms with Crippen LogP contribution >= 0.6 is 11.6 Å². The Morgan fingerprint density at radius 3 is 2.47 bits per heavy atom. The highest BCUT2D eigenvalue weighted by Crippen LogP contribution is 2.41. The van der Waals surface area contributed by atoms with Crippen LogP contribution in [0.1, 0.15) is 5.56 Å². The molecule has 0 radical (unpaired) electrons. The second-order valence-electron chi connectivity index (χ2n) is 4.01. The van der Waals surface area contributed by atoms with Crippen molar-refractivity contribution < 1.29 is 4.79 Å². The number of carbonyl (C=O) groups is 1. The first-order valence-corrected chi connectivity index (χ1v) is 5.62. The smallest absolute Gasteiger partial charge is 0.226 e. The molecule has 0 spiro atoms. The van der Waals surface area contributed by atoms with Crippen LogP contribution in [0.5, 0.6) is 0 Å². The fourth-order valence-electron chi connectivity index (χ4n) is 1.93. The topological polar surface area (TPSA) is 69.1 Å². The molecule has 88 valence electrons. The van der Waals surface area contributed by atoms with Crippen LogP contribution < -0.4 is 11.5 Å². The van der Waals surface area contributed by atoms with Gasteiger partial charge in [0.15, 0.2) is 0 Å². The Balaban J connectivity index is 2.46. The Morgan fingerprint density at radius 2 is 1.88 bits per heavy atom. The van der Waals surface area contributed by atoms with Crippen molar-refractivity contribution in [3.8, 4) is 0 Å². The van der Waals surface area contributed by atoms with Crippen LogP contribution in [0.3, 0.4) is 0 Å². The van der Waals surface area contributed by atoms with Crippen molar-refractivity contribution in [2.24, 2.45) is 11.7 Å². The lowest BCUT2D eigenvalue weighted by Gasteiger charge is -2.31. The number of nitrogens with two attached hydrogens (primary N) is 2. The van der Waals surface area contributed by atoms with Crippen molar-refractivity contribution in [2.45, 2.75) is 4.87 Å². The number of rotatable bonds is 2. The monoisotopic (exact) mass is 248 g/mol. The Bertz CT molecular complexity index is 493. The van der Waals surface area contributed by atoms with Crippen molar-refractivity contribution in [3.63, 3.8) is 0 Å². The third-order valence-electron chi connectivity index (χ3n) is 2.87. The molecule has 1 aliphatic carbocycles. The van der Waals surface area contributed by atoms with Gasteiger partial charge in [0.25, 0.3) is 0 Å². The van der Waals surface area contributed by atoms with E-state index in [0.717, 1.165) is 5.56 Å². The van der Waals surface area contributed by atoms with E-state index in [1.54, 1.807) is 30.4 Å². The first kappa shape index (κ1) is 11.7. The second kappa shape index (κ2) is 4.26. The molecule has 0 heterocycles. The van der Waals surface area contributed by atoms with Crippen molar-refractivity contribution in [1.29, 1.82) is 0 Å². The zero-order valence-electron chi connectivity index (χ0n) is 9.14. The molecular weight excluding hydrogens is 236 g/mol. The second-order valence-corrected chi connectivity index (χ2v) is 4.64. The molecule has 1 amide bonds. The Kier molecular flexibility index (Phi) is 2.94. The minimum atomic E-state index is -0.922. The van der Waals surface area contributed by atoms with Crippen molar-refractivity contribution >= 4 is 23.2 Å². The van der Waals surface area contributed by atoms with Crippen LogP contribution in [-0.4, -0.2) is 5.91 Å². The quantitative estimate of drug-likeness (QED) is 0.620. The van der Waals surface area contributed by atoms with Gasteiger partial charge in [0, 0.05) is 5.69 Å². The predicted molar refractivity (Wildman–Crippen MR) is 69.3 cm³/mol. The number of halogens is 1. The first-order chi connectivity index (χ1) is 8.04. The summed E-state index contributed by atoms with van der Waals surface area (Å²) in [5, 5.41) is 0. The fraction of sp³-hybridized carbons (Fsp3) is 0.154. The van der Waals surface area contributed by atoms with E-state index in [4.69, 9.17) is 23.1 Å². The average molecular weight is 249 g/mol. The molecule has 4 N–H and O–H groups in total. The van der Waals surface area contributed by atoms with Crippen LogP contribution in [0.25, 0.3) is 0 Å². The fourth-order valence-corrected chi connectivity index (χ4v) is 2.31. The van der Waals surface area contributed by atoms with E-state index in [1.165, 1.54) is 0 Å². The zero-order valence-corrected chi connectivity index (χ0v) is 9.89. The largest absolute Gasteiger partial charge is 0.399 e. The molecule has 17 heavy (non-hydrogen) atoms. The summed E-state index contributed by atoms with van der Waals surface area (Å²) in [5.41, 5.74) is 12.5. The van der Waals surface area contributed by atoms with Gasteiger partial charge in [0.2, 0.25) is 5.91 Å². The maximum Gasteiger partial charge on any atom is 0.226 e. The summed E-state index contributed by atoms with van der Waals surface area (Å²) in [5.74, 6) is -1.00. The van der Waals surface area contributed by atoms with Crippen LogP contribution in [0.4, 0.5) is 5.69 Å². The maximum absolute atomic E-state index is 11.4. The van der Waals surface area contributed by atoms with Crippen molar-refractivity contribution in [2.75, 3.05) is 5.73 Å². The lowest BCUT2D eigenvalue weighted by molar-refractivity contribution is -0.121. The summed E-state index contributed by atoms with van der Waals surface area (Å²) in [6.07, 6.45) is 7.07. The number of anilines is 1. The molecule has 1 aromatic rings. The summed E-state index contributed by atoms with van der Waals surface area (Å²) < 4.78 is 0. The van der Waals surface area contributed by atoms with E-state index in [-0.39, 0.29) is 0 Å². The SMILES string of the molecule is NC(=O)C1C=CC=CC1(Cl)c1ccc(N)cc1. The molecule has 1 aliphatic rings. The lowest BCUT2D eigenvalue weighted by Crippen LogP contribution is -2.37. The predicted octanol–water partition coefficient (Wildman–Crippen LogP) is 1.93.